The molecule has 1 fully saturated rings. The molecule has 0 radical (unpaired) electrons. The van der Waals surface area contributed by atoms with Gasteiger partial charge in [0.2, 0.25) is 0 Å². The van der Waals surface area contributed by atoms with Gasteiger partial charge in [-0.05, 0) is 37.1 Å². The van der Waals surface area contributed by atoms with Gasteiger partial charge in [-0.25, -0.2) is 8.78 Å². The van der Waals surface area contributed by atoms with Crippen molar-refractivity contribution in [3.63, 3.8) is 0 Å². The second-order valence-electron chi connectivity index (χ2n) is 5.14. The fourth-order valence-electron chi connectivity index (χ4n) is 2.36. The molecule has 0 aromatic heterocycles. The number of rotatable bonds is 5. The minimum atomic E-state index is -0.927. The van der Waals surface area contributed by atoms with E-state index in [1.54, 1.807) is 0 Å². The standard InChI is InChI=1S/C14H19F2NO2/c1-17(7-10-4-5-19-9-10)8-14(18)11-2-3-12(15)13(16)6-11/h2-3,6,10,14,18H,4-5,7-9H2,1H3. The van der Waals surface area contributed by atoms with E-state index in [4.69, 9.17) is 4.74 Å². The molecular weight excluding hydrogens is 252 g/mol. The van der Waals surface area contributed by atoms with Crippen LogP contribution in [0.1, 0.15) is 18.1 Å². The highest BCUT2D eigenvalue weighted by Gasteiger charge is 2.19. The maximum absolute atomic E-state index is 13.1. The molecule has 2 rings (SSSR count). The van der Waals surface area contributed by atoms with E-state index in [2.05, 4.69) is 0 Å². The number of likely N-dealkylation sites (N-methyl/N-ethyl adjacent to an activating group) is 1. The van der Waals surface area contributed by atoms with Crippen LogP contribution in [0.2, 0.25) is 0 Å². The molecule has 3 nitrogen and oxygen atoms in total. The highest BCUT2D eigenvalue weighted by molar-refractivity contribution is 5.20. The second-order valence-corrected chi connectivity index (χ2v) is 5.14. The summed E-state index contributed by atoms with van der Waals surface area (Å²) in [5.74, 6) is -1.34. The van der Waals surface area contributed by atoms with Crippen LogP contribution in [0.3, 0.4) is 0 Å². The number of ether oxygens (including phenoxy) is 1. The number of hydrogen-bond acceptors (Lipinski definition) is 3. The van der Waals surface area contributed by atoms with Crippen molar-refractivity contribution in [3.05, 3.63) is 35.4 Å². The lowest BCUT2D eigenvalue weighted by molar-refractivity contribution is 0.113. The van der Waals surface area contributed by atoms with Gasteiger partial charge in [-0.2, -0.15) is 0 Å². The van der Waals surface area contributed by atoms with E-state index in [1.807, 2.05) is 11.9 Å². The molecule has 1 aliphatic heterocycles. The SMILES string of the molecule is CN(CC1CCOC1)CC(O)c1ccc(F)c(F)c1. The summed E-state index contributed by atoms with van der Waals surface area (Å²) in [6.45, 7) is 2.78. The van der Waals surface area contributed by atoms with Crippen LogP contribution in [0.25, 0.3) is 0 Å². The van der Waals surface area contributed by atoms with Crippen molar-refractivity contribution >= 4 is 0 Å². The zero-order valence-electron chi connectivity index (χ0n) is 11.0. The summed E-state index contributed by atoms with van der Waals surface area (Å²) in [5, 5.41) is 10.0. The van der Waals surface area contributed by atoms with Gasteiger partial charge in [-0.3, -0.25) is 0 Å². The van der Waals surface area contributed by atoms with Crippen LogP contribution >= 0.6 is 0 Å². The predicted molar refractivity (Wildman–Crippen MR) is 67.7 cm³/mol. The average Bonchev–Trinajstić information content (AvgIpc) is 2.85. The summed E-state index contributed by atoms with van der Waals surface area (Å²) >= 11 is 0. The van der Waals surface area contributed by atoms with Gasteiger partial charge in [0.25, 0.3) is 0 Å². The molecule has 0 amide bonds. The Kier molecular flexibility index (Phi) is 4.85. The van der Waals surface area contributed by atoms with Crippen LogP contribution in [0.5, 0.6) is 0 Å². The van der Waals surface area contributed by atoms with Gasteiger partial charge >= 0.3 is 0 Å². The first-order chi connectivity index (χ1) is 9.06. The Hall–Kier alpha value is -1.04. The number of halogens is 2. The predicted octanol–water partition coefficient (Wildman–Crippen LogP) is 1.97. The Balaban J connectivity index is 1.88. The Labute approximate surface area is 111 Å². The molecule has 0 spiro atoms. The minimum absolute atomic E-state index is 0.390. The van der Waals surface area contributed by atoms with E-state index in [9.17, 15) is 13.9 Å². The molecule has 5 heteroatoms. The summed E-state index contributed by atoms with van der Waals surface area (Å²) in [6, 6.07) is 3.50. The molecule has 1 saturated heterocycles. The number of aliphatic hydroxyl groups excluding tert-OH is 1. The van der Waals surface area contributed by atoms with Gasteiger partial charge in [-0.1, -0.05) is 6.07 Å². The molecule has 2 unspecified atom stereocenters. The third-order valence-corrected chi connectivity index (χ3v) is 3.41. The van der Waals surface area contributed by atoms with E-state index in [1.165, 1.54) is 6.07 Å². The molecular formula is C14H19F2NO2. The molecule has 0 saturated carbocycles. The highest BCUT2D eigenvalue weighted by atomic mass is 19.2. The normalized spacial score (nSPS) is 21.0. The van der Waals surface area contributed by atoms with Crippen molar-refractivity contribution in [2.75, 3.05) is 33.4 Å². The van der Waals surface area contributed by atoms with Crippen molar-refractivity contribution in [1.29, 1.82) is 0 Å². The average molecular weight is 271 g/mol. The van der Waals surface area contributed by atoms with Crippen molar-refractivity contribution in [3.8, 4) is 0 Å². The van der Waals surface area contributed by atoms with Gasteiger partial charge in [0.1, 0.15) is 0 Å². The number of benzene rings is 1. The molecule has 0 aliphatic carbocycles. The first-order valence-electron chi connectivity index (χ1n) is 6.45. The third-order valence-electron chi connectivity index (χ3n) is 3.41. The molecule has 1 aromatic carbocycles. The molecule has 0 bridgehead atoms. The van der Waals surface area contributed by atoms with E-state index < -0.39 is 17.7 Å². The first-order valence-corrected chi connectivity index (χ1v) is 6.45. The van der Waals surface area contributed by atoms with Crippen molar-refractivity contribution in [2.24, 2.45) is 5.92 Å². The van der Waals surface area contributed by atoms with Crippen LogP contribution < -0.4 is 0 Å². The Morgan fingerprint density at radius 2 is 2.21 bits per heavy atom. The van der Waals surface area contributed by atoms with Gasteiger partial charge < -0.3 is 14.7 Å². The van der Waals surface area contributed by atoms with Gasteiger partial charge in [-0.15, -0.1) is 0 Å². The maximum atomic E-state index is 13.1. The Bertz CT molecular complexity index is 422. The minimum Gasteiger partial charge on any atom is -0.387 e. The fraction of sp³-hybridized carbons (Fsp3) is 0.571. The lowest BCUT2D eigenvalue weighted by Crippen LogP contribution is -2.30. The van der Waals surface area contributed by atoms with Crippen molar-refractivity contribution in [2.45, 2.75) is 12.5 Å². The van der Waals surface area contributed by atoms with Gasteiger partial charge in [0.05, 0.1) is 12.7 Å². The van der Waals surface area contributed by atoms with E-state index >= 15 is 0 Å². The van der Waals surface area contributed by atoms with E-state index in [0.29, 0.717) is 18.0 Å². The largest absolute Gasteiger partial charge is 0.387 e. The molecule has 2 atom stereocenters. The zero-order chi connectivity index (χ0) is 13.8. The Morgan fingerprint density at radius 1 is 1.42 bits per heavy atom. The van der Waals surface area contributed by atoms with E-state index in [-0.39, 0.29) is 0 Å². The lowest BCUT2D eigenvalue weighted by Gasteiger charge is -2.23. The second kappa shape index (κ2) is 6.41. The number of hydrogen-bond donors (Lipinski definition) is 1. The maximum Gasteiger partial charge on any atom is 0.159 e. The summed E-state index contributed by atoms with van der Waals surface area (Å²) in [5.41, 5.74) is 0.397. The summed E-state index contributed by atoms with van der Waals surface area (Å²) in [4.78, 5) is 1.99. The zero-order valence-corrected chi connectivity index (χ0v) is 11.0. The third kappa shape index (κ3) is 3.96. The monoisotopic (exact) mass is 271 g/mol. The summed E-state index contributed by atoms with van der Waals surface area (Å²) < 4.78 is 31.2. The Morgan fingerprint density at radius 3 is 2.84 bits per heavy atom. The van der Waals surface area contributed by atoms with Crippen molar-refractivity contribution < 1.29 is 18.6 Å². The molecule has 1 aliphatic rings. The quantitative estimate of drug-likeness (QED) is 0.888. The molecule has 19 heavy (non-hydrogen) atoms. The van der Waals surface area contributed by atoms with Gasteiger partial charge in [0.15, 0.2) is 11.6 Å². The summed E-state index contributed by atoms with van der Waals surface area (Å²) in [6.07, 6.45) is 0.216. The lowest BCUT2D eigenvalue weighted by atomic mass is 10.1. The molecule has 1 N–H and O–H groups in total. The fourth-order valence-corrected chi connectivity index (χ4v) is 2.36. The molecule has 106 valence electrons. The van der Waals surface area contributed by atoms with Gasteiger partial charge in [0, 0.05) is 19.7 Å². The van der Waals surface area contributed by atoms with Crippen LogP contribution in [0, 0.1) is 17.6 Å². The van der Waals surface area contributed by atoms with Crippen molar-refractivity contribution in [1.82, 2.24) is 4.90 Å². The molecule has 1 heterocycles. The van der Waals surface area contributed by atoms with Crippen LogP contribution in [0.4, 0.5) is 8.78 Å². The van der Waals surface area contributed by atoms with E-state index in [0.717, 1.165) is 38.3 Å². The summed E-state index contributed by atoms with van der Waals surface area (Å²) in [7, 11) is 1.90. The number of nitrogens with zero attached hydrogens (tertiary/aromatic N) is 1. The smallest absolute Gasteiger partial charge is 0.159 e. The van der Waals surface area contributed by atoms with Crippen LogP contribution in [0.15, 0.2) is 18.2 Å². The molecule has 1 aromatic rings. The number of aliphatic hydroxyl groups is 1. The van der Waals surface area contributed by atoms with Crippen LogP contribution in [-0.4, -0.2) is 43.4 Å². The topological polar surface area (TPSA) is 32.7 Å². The van der Waals surface area contributed by atoms with Crippen LogP contribution in [-0.2, 0) is 4.74 Å². The first kappa shape index (κ1) is 14.4. The highest BCUT2D eigenvalue weighted by Crippen LogP contribution is 2.19.